The summed E-state index contributed by atoms with van der Waals surface area (Å²) < 4.78 is 37.9. The van der Waals surface area contributed by atoms with E-state index in [2.05, 4.69) is 15.3 Å². The fourth-order valence-electron chi connectivity index (χ4n) is 3.37. The Kier molecular flexibility index (Phi) is 7.46. The summed E-state index contributed by atoms with van der Waals surface area (Å²) in [6.07, 6.45) is 1.50. The topological polar surface area (TPSA) is 131 Å². The van der Waals surface area contributed by atoms with Crippen molar-refractivity contribution in [1.29, 1.82) is 0 Å². The van der Waals surface area contributed by atoms with Crippen LogP contribution in [-0.2, 0) is 19.6 Å². The number of piperazine rings is 1. The van der Waals surface area contributed by atoms with E-state index in [0.717, 1.165) is 11.8 Å². The number of nitrogens with zero attached hydrogens (tertiary/aromatic N) is 4. The third-order valence-corrected chi connectivity index (χ3v) is 7.80. The summed E-state index contributed by atoms with van der Waals surface area (Å²) in [5.74, 6) is 0.132. The van der Waals surface area contributed by atoms with Crippen LogP contribution in [0.3, 0.4) is 0 Å². The zero-order valence-corrected chi connectivity index (χ0v) is 20.0. The van der Waals surface area contributed by atoms with Gasteiger partial charge < -0.3 is 14.4 Å². The number of hydrogen-bond donors (Lipinski definition) is 1. The molecular weight excluding hydrogens is 482 g/mol. The number of nitrogens with one attached hydrogen (secondary N) is 1. The van der Waals surface area contributed by atoms with Crippen molar-refractivity contribution in [2.24, 2.45) is 0 Å². The summed E-state index contributed by atoms with van der Waals surface area (Å²) in [6, 6.07) is 9.88. The van der Waals surface area contributed by atoms with Gasteiger partial charge in [0, 0.05) is 39.4 Å². The number of ether oxygens (including phenoxy) is 2. The number of aromatic nitrogens is 2. The van der Waals surface area contributed by atoms with Gasteiger partial charge in [-0.3, -0.25) is 14.9 Å². The molecule has 0 saturated carbocycles. The Morgan fingerprint density at radius 3 is 2.47 bits per heavy atom. The number of anilines is 1. The number of benzene rings is 1. The van der Waals surface area contributed by atoms with Crippen LogP contribution in [0.2, 0.25) is 0 Å². The Hall–Kier alpha value is -3.00. The molecule has 2 saturated heterocycles. The molecule has 0 bridgehead atoms. The smallest absolute Gasteiger partial charge is 0.290 e. The summed E-state index contributed by atoms with van der Waals surface area (Å²) in [4.78, 5) is 34.7. The predicted molar refractivity (Wildman–Crippen MR) is 126 cm³/mol. The molecule has 0 unspecified atom stereocenters. The van der Waals surface area contributed by atoms with Gasteiger partial charge >= 0.3 is 0 Å². The summed E-state index contributed by atoms with van der Waals surface area (Å²) >= 11 is 0.792. The highest BCUT2D eigenvalue weighted by Gasteiger charge is 2.30. The molecule has 1 N–H and O–H groups in total. The maximum absolute atomic E-state index is 12.9. The Labute approximate surface area is 201 Å². The van der Waals surface area contributed by atoms with Gasteiger partial charge in [0.25, 0.3) is 11.1 Å². The third-order valence-electron chi connectivity index (χ3n) is 5.07. The summed E-state index contributed by atoms with van der Waals surface area (Å²) in [6.45, 7) is 1.89. The normalized spacial score (nSPS) is 18.4. The van der Waals surface area contributed by atoms with E-state index in [1.807, 2.05) is 4.90 Å². The molecule has 2 aliphatic heterocycles. The number of methoxy groups -OCH3 is 1. The molecule has 34 heavy (non-hydrogen) atoms. The van der Waals surface area contributed by atoms with Crippen molar-refractivity contribution >= 4 is 45.0 Å². The molecule has 0 spiro atoms. The van der Waals surface area contributed by atoms with E-state index in [1.54, 1.807) is 43.5 Å². The van der Waals surface area contributed by atoms with Crippen LogP contribution >= 0.6 is 11.8 Å². The standard InChI is InChI=1S/C21H23N5O6S2/c1-31-11-12-32-18-14-15(13-17-19(27)24-21(28)33-17)22-20(23-18)25-7-9-26(10-8-25)34(29,30)16-5-3-2-4-6-16/h2-6,13-14H,7-12H2,1H3,(H,24,27,28). The second-order valence-electron chi connectivity index (χ2n) is 7.33. The van der Waals surface area contributed by atoms with Gasteiger partial charge in [-0.25, -0.2) is 13.4 Å². The second-order valence-corrected chi connectivity index (χ2v) is 10.3. The average Bonchev–Trinajstić information content (AvgIpc) is 3.16. The molecule has 0 radical (unpaired) electrons. The summed E-state index contributed by atoms with van der Waals surface area (Å²) in [5.41, 5.74) is 0.393. The van der Waals surface area contributed by atoms with Crippen LogP contribution in [0.1, 0.15) is 5.69 Å². The van der Waals surface area contributed by atoms with Gasteiger partial charge in [-0.05, 0) is 30.0 Å². The van der Waals surface area contributed by atoms with Crippen molar-refractivity contribution in [2.45, 2.75) is 4.90 Å². The van der Waals surface area contributed by atoms with Crippen molar-refractivity contribution in [3.05, 3.63) is 47.0 Å². The van der Waals surface area contributed by atoms with Crippen molar-refractivity contribution in [1.82, 2.24) is 19.6 Å². The molecule has 2 aromatic rings. The van der Waals surface area contributed by atoms with Crippen LogP contribution in [0.25, 0.3) is 6.08 Å². The van der Waals surface area contributed by atoms with Crippen LogP contribution < -0.4 is 15.0 Å². The maximum Gasteiger partial charge on any atom is 0.290 e. The van der Waals surface area contributed by atoms with Gasteiger partial charge in [-0.15, -0.1) is 0 Å². The van der Waals surface area contributed by atoms with Gasteiger partial charge in [0.05, 0.1) is 22.1 Å². The molecule has 2 aliphatic rings. The molecule has 0 aliphatic carbocycles. The molecular formula is C21H23N5O6S2. The van der Waals surface area contributed by atoms with E-state index < -0.39 is 21.2 Å². The lowest BCUT2D eigenvalue weighted by Gasteiger charge is -2.34. The fourth-order valence-corrected chi connectivity index (χ4v) is 5.48. The summed E-state index contributed by atoms with van der Waals surface area (Å²) in [5, 5.41) is 1.76. The van der Waals surface area contributed by atoms with E-state index in [1.165, 1.54) is 10.4 Å². The average molecular weight is 506 g/mol. The third kappa shape index (κ3) is 5.55. The number of thioether (sulfide) groups is 1. The first-order chi connectivity index (χ1) is 16.4. The fraction of sp³-hybridized carbons (Fsp3) is 0.333. The molecule has 0 atom stereocenters. The Bertz CT molecular complexity index is 1200. The van der Waals surface area contributed by atoms with E-state index in [0.29, 0.717) is 31.3 Å². The van der Waals surface area contributed by atoms with Crippen molar-refractivity contribution in [3.8, 4) is 5.88 Å². The van der Waals surface area contributed by atoms with E-state index >= 15 is 0 Å². The number of carbonyl (C=O) groups is 2. The quantitative estimate of drug-likeness (QED) is 0.414. The number of carbonyl (C=O) groups excluding carboxylic acids is 2. The highest BCUT2D eigenvalue weighted by molar-refractivity contribution is 8.18. The van der Waals surface area contributed by atoms with E-state index in [9.17, 15) is 18.0 Å². The zero-order valence-electron chi connectivity index (χ0n) is 18.3. The van der Waals surface area contributed by atoms with Crippen LogP contribution in [0.5, 0.6) is 5.88 Å². The van der Waals surface area contributed by atoms with Crippen LogP contribution in [0.4, 0.5) is 10.7 Å². The lowest BCUT2D eigenvalue weighted by atomic mass is 10.3. The molecule has 180 valence electrons. The first-order valence-corrected chi connectivity index (χ1v) is 12.7. The van der Waals surface area contributed by atoms with Crippen molar-refractivity contribution in [2.75, 3.05) is 51.4 Å². The van der Waals surface area contributed by atoms with E-state index in [-0.39, 0.29) is 35.4 Å². The molecule has 11 nitrogen and oxygen atoms in total. The van der Waals surface area contributed by atoms with Crippen LogP contribution in [0, 0.1) is 0 Å². The minimum atomic E-state index is -3.59. The molecule has 2 amide bonds. The van der Waals surface area contributed by atoms with Gasteiger partial charge in [0.15, 0.2) is 0 Å². The number of rotatable bonds is 8. The number of hydrogen-bond acceptors (Lipinski definition) is 10. The van der Waals surface area contributed by atoms with E-state index in [4.69, 9.17) is 9.47 Å². The molecule has 13 heteroatoms. The molecule has 3 heterocycles. The first-order valence-electron chi connectivity index (χ1n) is 10.4. The SMILES string of the molecule is COCCOc1cc(C=C2SC(=O)NC2=O)nc(N2CCN(S(=O)(=O)c3ccccc3)CC2)n1. The van der Waals surface area contributed by atoms with Gasteiger partial charge in [-0.2, -0.15) is 9.29 Å². The van der Waals surface area contributed by atoms with Gasteiger partial charge in [0.2, 0.25) is 21.9 Å². The summed E-state index contributed by atoms with van der Waals surface area (Å²) in [7, 11) is -2.03. The number of sulfonamides is 1. The largest absolute Gasteiger partial charge is 0.475 e. The maximum atomic E-state index is 12.9. The number of amides is 2. The highest BCUT2D eigenvalue weighted by Crippen LogP contribution is 2.27. The first kappa shape index (κ1) is 24.1. The molecule has 2 fully saturated rings. The second kappa shape index (κ2) is 10.5. The van der Waals surface area contributed by atoms with Crippen LogP contribution in [0.15, 0.2) is 46.2 Å². The predicted octanol–water partition coefficient (Wildman–Crippen LogP) is 1.34. The molecule has 1 aromatic heterocycles. The molecule has 1 aromatic carbocycles. The Morgan fingerprint density at radius 2 is 1.82 bits per heavy atom. The Morgan fingerprint density at radius 1 is 1.09 bits per heavy atom. The van der Waals surface area contributed by atoms with Crippen LogP contribution in [-0.4, -0.2) is 80.3 Å². The molecule has 4 rings (SSSR count). The highest BCUT2D eigenvalue weighted by atomic mass is 32.2. The Balaban J connectivity index is 1.54. The zero-order chi connectivity index (χ0) is 24.1. The minimum absolute atomic E-state index is 0.219. The van der Waals surface area contributed by atoms with Crippen molar-refractivity contribution in [3.63, 3.8) is 0 Å². The number of imide groups is 1. The van der Waals surface area contributed by atoms with Gasteiger partial charge in [-0.1, -0.05) is 18.2 Å². The monoisotopic (exact) mass is 505 g/mol. The van der Waals surface area contributed by atoms with Gasteiger partial charge in [0.1, 0.15) is 6.61 Å². The lowest BCUT2D eigenvalue weighted by Crippen LogP contribution is -2.49. The lowest BCUT2D eigenvalue weighted by molar-refractivity contribution is -0.115. The van der Waals surface area contributed by atoms with Crippen molar-refractivity contribution < 1.29 is 27.5 Å². The minimum Gasteiger partial charge on any atom is -0.475 e.